The first kappa shape index (κ1) is 8.05. The monoisotopic (exact) mass is 150 g/mol. The van der Waals surface area contributed by atoms with Gasteiger partial charge in [0.05, 0.1) is 13.3 Å². The number of hydrogen-bond acceptors (Lipinski definition) is 2. The van der Waals surface area contributed by atoms with Crippen LogP contribution in [-0.2, 0) is 6.42 Å². The van der Waals surface area contributed by atoms with E-state index >= 15 is 0 Å². The van der Waals surface area contributed by atoms with Crippen LogP contribution in [0, 0.1) is 6.92 Å². The van der Waals surface area contributed by atoms with Crippen molar-refractivity contribution in [3.8, 4) is 5.75 Å². The van der Waals surface area contributed by atoms with E-state index in [2.05, 4.69) is 11.9 Å². The summed E-state index contributed by atoms with van der Waals surface area (Å²) in [4.78, 5) is 3.95. The van der Waals surface area contributed by atoms with E-state index in [4.69, 9.17) is 4.74 Å². The molecule has 0 aliphatic carbocycles. The summed E-state index contributed by atoms with van der Waals surface area (Å²) in [5.41, 5.74) is 1.18. The lowest BCUT2D eigenvalue weighted by Crippen LogP contribution is -1.91. The van der Waals surface area contributed by atoms with Gasteiger partial charge >= 0.3 is 0 Å². The van der Waals surface area contributed by atoms with Gasteiger partial charge in [-0.25, -0.2) is 0 Å². The fraction of sp³-hybridized carbons (Fsp3) is 0.333. The van der Waals surface area contributed by atoms with E-state index in [-0.39, 0.29) is 0 Å². The number of rotatable bonds is 3. The van der Waals surface area contributed by atoms with E-state index in [0.717, 1.165) is 18.6 Å². The van der Waals surface area contributed by atoms with Crippen LogP contribution in [-0.4, -0.2) is 12.1 Å². The fourth-order valence-electron chi connectivity index (χ4n) is 0.990. The molecule has 0 aliphatic heterocycles. The molecule has 2 heteroatoms. The Balaban J connectivity index is 2.83. The van der Waals surface area contributed by atoms with Gasteiger partial charge in [0, 0.05) is 6.20 Å². The first-order chi connectivity index (χ1) is 5.38. The highest BCUT2D eigenvalue weighted by atomic mass is 16.5. The number of pyridine rings is 1. The largest absolute Gasteiger partial charge is 0.495 e. The van der Waals surface area contributed by atoms with Crippen molar-refractivity contribution >= 4 is 0 Å². The molecule has 11 heavy (non-hydrogen) atoms. The van der Waals surface area contributed by atoms with E-state index in [1.54, 1.807) is 19.5 Å². The third-order valence-electron chi connectivity index (χ3n) is 1.54. The molecule has 0 fully saturated rings. The molecule has 0 saturated heterocycles. The predicted octanol–water partition coefficient (Wildman–Crippen LogP) is 1.86. The van der Waals surface area contributed by atoms with Crippen LogP contribution >= 0.6 is 0 Å². The van der Waals surface area contributed by atoms with Crippen LogP contribution in [0.5, 0.6) is 5.75 Å². The maximum Gasteiger partial charge on any atom is 0.140 e. The SMILES string of the molecule is [CH2]CCc1ccncc1OC. The zero-order valence-electron chi connectivity index (χ0n) is 6.71. The molecule has 1 aromatic heterocycles. The summed E-state index contributed by atoms with van der Waals surface area (Å²) in [6.45, 7) is 3.78. The second-order valence-electron chi connectivity index (χ2n) is 2.29. The molecule has 0 N–H and O–H groups in total. The zero-order chi connectivity index (χ0) is 8.10. The molecule has 1 heterocycles. The van der Waals surface area contributed by atoms with Crippen LogP contribution in [0.3, 0.4) is 0 Å². The Morgan fingerprint density at radius 2 is 2.45 bits per heavy atom. The maximum absolute atomic E-state index is 5.11. The molecule has 0 saturated carbocycles. The maximum atomic E-state index is 5.11. The van der Waals surface area contributed by atoms with Gasteiger partial charge in [-0.1, -0.05) is 6.92 Å². The van der Waals surface area contributed by atoms with Crippen molar-refractivity contribution in [2.75, 3.05) is 7.11 Å². The van der Waals surface area contributed by atoms with Gasteiger partial charge in [0.25, 0.3) is 0 Å². The van der Waals surface area contributed by atoms with Crippen molar-refractivity contribution in [3.05, 3.63) is 30.9 Å². The molecule has 0 bridgehead atoms. The highest BCUT2D eigenvalue weighted by Crippen LogP contribution is 2.16. The summed E-state index contributed by atoms with van der Waals surface area (Å²) in [6, 6.07) is 1.96. The van der Waals surface area contributed by atoms with Crippen LogP contribution in [0.25, 0.3) is 0 Å². The average molecular weight is 150 g/mol. The average Bonchev–Trinajstić information content (AvgIpc) is 2.06. The first-order valence-electron chi connectivity index (χ1n) is 3.64. The highest BCUT2D eigenvalue weighted by Gasteiger charge is 1.98. The summed E-state index contributed by atoms with van der Waals surface area (Å²) in [5, 5.41) is 0. The van der Waals surface area contributed by atoms with Crippen molar-refractivity contribution in [2.45, 2.75) is 12.8 Å². The minimum Gasteiger partial charge on any atom is -0.495 e. The standard InChI is InChI=1S/C9H12NO/c1-3-4-8-5-6-10-7-9(8)11-2/h5-7H,1,3-4H2,2H3. The topological polar surface area (TPSA) is 22.1 Å². The lowest BCUT2D eigenvalue weighted by Gasteiger charge is -2.04. The highest BCUT2D eigenvalue weighted by molar-refractivity contribution is 5.29. The van der Waals surface area contributed by atoms with Crippen LogP contribution < -0.4 is 4.74 Å². The number of hydrogen-bond donors (Lipinski definition) is 0. The molecule has 1 radical (unpaired) electrons. The number of methoxy groups -OCH3 is 1. The summed E-state index contributed by atoms with van der Waals surface area (Å²) in [6.07, 6.45) is 5.34. The van der Waals surface area contributed by atoms with Gasteiger partial charge in [0.2, 0.25) is 0 Å². The molecule has 1 aromatic rings. The molecule has 0 unspecified atom stereocenters. The van der Waals surface area contributed by atoms with Crippen LogP contribution in [0.15, 0.2) is 18.5 Å². The molecule has 2 nitrogen and oxygen atoms in total. The zero-order valence-corrected chi connectivity index (χ0v) is 6.71. The molecule has 0 aliphatic rings. The molecule has 59 valence electrons. The van der Waals surface area contributed by atoms with Gasteiger partial charge in [-0.3, -0.25) is 4.98 Å². The minimum absolute atomic E-state index is 0.858. The van der Waals surface area contributed by atoms with Gasteiger partial charge in [-0.05, 0) is 24.5 Å². The van der Waals surface area contributed by atoms with Crippen molar-refractivity contribution in [1.82, 2.24) is 4.98 Å². The van der Waals surface area contributed by atoms with Crippen LogP contribution in [0.2, 0.25) is 0 Å². The van der Waals surface area contributed by atoms with Crippen molar-refractivity contribution in [2.24, 2.45) is 0 Å². The molecular weight excluding hydrogens is 138 g/mol. The second-order valence-corrected chi connectivity index (χ2v) is 2.29. The molecular formula is C9H12NO. The van der Waals surface area contributed by atoms with Gasteiger partial charge in [-0.2, -0.15) is 0 Å². The van der Waals surface area contributed by atoms with E-state index in [1.165, 1.54) is 5.56 Å². The van der Waals surface area contributed by atoms with E-state index < -0.39 is 0 Å². The second kappa shape index (κ2) is 3.96. The first-order valence-corrected chi connectivity index (χ1v) is 3.64. The Morgan fingerprint density at radius 3 is 3.09 bits per heavy atom. The van der Waals surface area contributed by atoms with Crippen molar-refractivity contribution < 1.29 is 4.74 Å². The van der Waals surface area contributed by atoms with Crippen LogP contribution in [0.4, 0.5) is 0 Å². The summed E-state index contributed by atoms with van der Waals surface area (Å²) < 4.78 is 5.11. The van der Waals surface area contributed by atoms with E-state index in [9.17, 15) is 0 Å². The summed E-state index contributed by atoms with van der Waals surface area (Å²) in [7, 11) is 1.66. The van der Waals surface area contributed by atoms with Crippen molar-refractivity contribution in [3.63, 3.8) is 0 Å². The van der Waals surface area contributed by atoms with E-state index in [1.807, 2.05) is 6.07 Å². The number of nitrogens with zero attached hydrogens (tertiary/aromatic N) is 1. The summed E-state index contributed by atoms with van der Waals surface area (Å²) >= 11 is 0. The molecule has 0 spiro atoms. The Morgan fingerprint density at radius 1 is 1.64 bits per heavy atom. The lowest BCUT2D eigenvalue weighted by atomic mass is 10.1. The molecule has 0 atom stereocenters. The number of ether oxygens (including phenoxy) is 1. The lowest BCUT2D eigenvalue weighted by molar-refractivity contribution is 0.407. The normalized spacial score (nSPS) is 9.64. The van der Waals surface area contributed by atoms with Gasteiger partial charge < -0.3 is 4.74 Å². The molecule has 1 rings (SSSR count). The predicted molar refractivity (Wildman–Crippen MR) is 44.5 cm³/mol. The smallest absolute Gasteiger partial charge is 0.140 e. The van der Waals surface area contributed by atoms with Gasteiger partial charge in [0.15, 0.2) is 0 Å². The Hall–Kier alpha value is -1.05. The Bertz CT molecular complexity index is 223. The van der Waals surface area contributed by atoms with E-state index in [0.29, 0.717) is 0 Å². The summed E-state index contributed by atoms with van der Waals surface area (Å²) in [5.74, 6) is 0.858. The Labute approximate surface area is 67.2 Å². The van der Waals surface area contributed by atoms with Crippen molar-refractivity contribution in [1.29, 1.82) is 0 Å². The third-order valence-corrected chi connectivity index (χ3v) is 1.54. The van der Waals surface area contributed by atoms with Gasteiger partial charge in [0.1, 0.15) is 5.75 Å². The minimum atomic E-state index is 0.858. The molecule has 0 amide bonds. The third kappa shape index (κ3) is 1.93. The quantitative estimate of drug-likeness (QED) is 0.656. The number of aromatic nitrogens is 1. The van der Waals surface area contributed by atoms with Gasteiger partial charge in [-0.15, -0.1) is 0 Å². The molecule has 0 aromatic carbocycles. The Kier molecular flexibility index (Phi) is 2.90. The van der Waals surface area contributed by atoms with Crippen LogP contribution in [0.1, 0.15) is 12.0 Å². The number of aryl methyl sites for hydroxylation is 1. The fourth-order valence-corrected chi connectivity index (χ4v) is 0.990.